The van der Waals surface area contributed by atoms with E-state index in [0.29, 0.717) is 6.01 Å². The Hall–Kier alpha value is -1.99. The summed E-state index contributed by atoms with van der Waals surface area (Å²) in [4.78, 5) is 13.3. The number of primary amides is 1. The Balaban J connectivity index is 0.00000154. The largest absolute Gasteiger partial charge is 0.465 e. The molecule has 2 aromatic rings. The van der Waals surface area contributed by atoms with Crippen molar-refractivity contribution in [3.8, 4) is 0 Å². The van der Waals surface area contributed by atoms with Gasteiger partial charge >= 0.3 is 6.09 Å². The zero-order valence-corrected chi connectivity index (χ0v) is 19.0. The normalized spacial score (nSPS) is 10.2. The third-order valence-corrected chi connectivity index (χ3v) is 4.68. The van der Waals surface area contributed by atoms with Crippen LogP contribution in [0.5, 0.6) is 0 Å². The first kappa shape index (κ1) is 28.0. The van der Waals surface area contributed by atoms with Crippen molar-refractivity contribution in [3.63, 3.8) is 0 Å². The Kier molecular flexibility index (Phi) is 16.7. The van der Waals surface area contributed by atoms with Gasteiger partial charge in [0.2, 0.25) is 0 Å². The number of anilines is 1. The Labute approximate surface area is 186 Å². The molecule has 0 saturated carbocycles. The smallest absolute Gasteiger partial charge is 0.402 e. The molecular formula is C22H39ClN4O3. The van der Waals surface area contributed by atoms with E-state index in [1.807, 2.05) is 6.07 Å². The maximum atomic E-state index is 8.78. The lowest BCUT2D eigenvalue weighted by molar-refractivity contribution is 0.205. The van der Waals surface area contributed by atoms with Crippen LogP contribution >= 0.6 is 12.4 Å². The number of amides is 1. The number of oxazole rings is 1. The lowest BCUT2D eigenvalue weighted by atomic mass is 10.0. The topological polar surface area (TPSA) is 127 Å². The molecule has 6 N–H and O–H groups in total. The average Bonchev–Trinajstić information content (AvgIpc) is 3.09. The first-order chi connectivity index (χ1) is 14.1. The first-order valence-corrected chi connectivity index (χ1v) is 10.9. The molecule has 1 aromatic carbocycles. The molecular weight excluding hydrogens is 404 g/mol. The van der Waals surface area contributed by atoms with Crippen molar-refractivity contribution in [2.75, 3.05) is 18.4 Å². The summed E-state index contributed by atoms with van der Waals surface area (Å²) in [7, 11) is 0. The summed E-state index contributed by atoms with van der Waals surface area (Å²) in [5, 5.41) is 10.4. The molecule has 0 aliphatic carbocycles. The minimum Gasteiger partial charge on any atom is -0.465 e. The van der Waals surface area contributed by atoms with E-state index >= 15 is 0 Å². The van der Waals surface area contributed by atoms with E-state index in [4.69, 9.17) is 20.1 Å². The molecule has 0 spiro atoms. The van der Waals surface area contributed by atoms with Gasteiger partial charge in [-0.25, -0.2) is 4.79 Å². The van der Waals surface area contributed by atoms with E-state index in [2.05, 4.69) is 35.1 Å². The van der Waals surface area contributed by atoms with Gasteiger partial charge in [0.1, 0.15) is 5.52 Å². The Morgan fingerprint density at radius 2 is 1.70 bits per heavy atom. The fourth-order valence-electron chi connectivity index (χ4n) is 3.13. The van der Waals surface area contributed by atoms with Gasteiger partial charge in [0.05, 0.1) is 0 Å². The molecule has 2 rings (SSSR count). The van der Waals surface area contributed by atoms with E-state index in [1.165, 1.54) is 56.9 Å². The molecule has 1 amide bonds. The van der Waals surface area contributed by atoms with Crippen LogP contribution in [0.25, 0.3) is 11.1 Å². The van der Waals surface area contributed by atoms with Crippen molar-refractivity contribution in [2.24, 2.45) is 11.5 Å². The van der Waals surface area contributed by atoms with Crippen molar-refractivity contribution >= 4 is 35.6 Å². The molecule has 1 heterocycles. The monoisotopic (exact) mass is 442 g/mol. The van der Waals surface area contributed by atoms with Gasteiger partial charge in [0.15, 0.2) is 5.58 Å². The fourth-order valence-corrected chi connectivity index (χ4v) is 3.13. The average molecular weight is 443 g/mol. The molecule has 8 heteroatoms. The number of aromatic nitrogens is 1. The van der Waals surface area contributed by atoms with Crippen LogP contribution in [0.3, 0.4) is 0 Å². The van der Waals surface area contributed by atoms with Gasteiger partial charge in [-0.3, -0.25) is 0 Å². The minimum atomic E-state index is -1.33. The summed E-state index contributed by atoms with van der Waals surface area (Å²) in [5.41, 5.74) is 12.7. The van der Waals surface area contributed by atoms with Gasteiger partial charge in [-0.15, -0.1) is 12.4 Å². The highest BCUT2D eigenvalue weighted by molar-refractivity contribution is 5.85. The molecule has 0 radical (unpaired) electrons. The number of nitrogens with zero attached hydrogens (tertiary/aromatic N) is 1. The second kappa shape index (κ2) is 17.8. The molecule has 7 nitrogen and oxygen atoms in total. The third kappa shape index (κ3) is 13.3. The summed E-state index contributed by atoms with van der Waals surface area (Å²) in [6.07, 6.45) is 12.7. The summed E-state index contributed by atoms with van der Waals surface area (Å²) in [6.45, 7) is 3.86. The molecule has 0 fully saturated rings. The first-order valence-electron chi connectivity index (χ1n) is 10.9. The molecule has 172 valence electrons. The summed E-state index contributed by atoms with van der Waals surface area (Å²) < 4.78 is 5.74. The van der Waals surface area contributed by atoms with Crippen LogP contribution in [0.2, 0.25) is 0 Å². The summed E-state index contributed by atoms with van der Waals surface area (Å²) >= 11 is 0. The van der Waals surface area contributed by atoms with E-state index in [-0.39, 0.29) is 12.4 Å². The second-order valence-electron chi connectivity index (χ2n) is 7.31. The maximum Gasteiger partial charge on any atom is 0.402 e. The number of unbranched alkanes of at least 4 members (excludes halogenated alkanes) is 8. The highest BCUT2D eigenvalue weighted by Crippen LogP contribution is 2.21. The second-order valence-corrected chi connectivity index (χ2v) is 7.31. The summed E-state index contributed by atoms with van der Waals surface area (Å²) in [6, 6.07) is 7.02. The molecule has 0 atom stereocenters. The van der Waals surface area contributed by atoms with E-state index in [1.54, 1.807) is 0 Å². The molecule has 0 bridgehead atoms. The Morgan fingerprint density at radius 3 is 2.33 bits per heavy atom. The predicted octanol–water partition coefficient (Wildman–Crippen LogP) is 5.71. The molecule has 0 aliphatic rings. The van der Waals surface area contributed by atoms with Crippen LogP contribution in [0, 0.1) is 0 Å². The molecule has 0 saturated heterocycles. The molecule has 1 aromatic heterocycles. The van der Waals surface area contributed by atoms with Crippen molar-refractivity contribution in [1.29, 1.82) is 0 Å². The van der Waals surface area contributed by atoms with Crippen molar-refractivity contribution in [1.82, 2.24) is 4.98 Å². The number of halogens is 1. The number of fused-ring (bicyclic) bond motifs is 1. The fraction of sp³-hybridized carbons (Fsp3) is 0.636. The Bertz CT molecular complexity index is 690. The number of nitrogens with one attached hydrogen (secondary N) is 1. The van der Waals surface area contributed by atoms with Crippen LogP contribution in [0.15, 0.2) is 22.6 Å². The van der Waals surface area contributed by atoms with E-state index in [9.17, 15) is 0 Å². The SMILES string of the molecule is CCCCCCCCCCc1ccc2oc(NCCCCN)nc2c1.Cl.NC(=O)O. The maximum absolute atomic E-state index is 8.78. The van der Waals surface area contributed by atoms with E-state index in [0.717, 1.165) is 43.5 Å². The number of carboxylic acid groups (broad SMARTS) is 1. The van der Waals surface area contributed by atoms with Crippen molar-refractivity contribution in [3.05, 3.63) is 23.8 Å². The number of nitrogens with two attached hydrogens (primary N) is 2. The van der Waals surface area contributed by atoms with Crippen LogP contribution in [-0.2, 0) is 6.42 Å². The number of hydrogen-bond acceptors (Lipinski definition) is 5. The highest BCUT2D eigenvalue weighted by Gasteiger charge is 2.06. The minimum absolute atomic E-state index is 0. The van der Waals surface area contributed by atoms with E-state index < -0.39 is 6.09 Å². The quantitative estimate of drug-likeness (QED) is 0.277. The number of aryl methyl sites for hydroxylation is 1. The zero-order valence-electron chi connectivity index (χ0n) is 18.2. The number of rotatable bonds is 14. The lowest BCUT2D eigenvalue weighted by Gasteiger charge is -2.02. The van der Waals surface area contributed by atoms with Crippen LogP contribution < -0.4 is 16.8 Å². The Morgan fingerprint density at radius 1 is 1.07 bits per heavy atom. The van der Waals surface area contributed by atoms with Crippen molar-refractivity contribution in [2.45, 2.75) is 77.6 Å². The lowest BCUT2D eigenvalue weighted by Crippen LogP contribution is -2.05. The van der Waals surface area contributed by atoms with Gasteiger partial charge in [-0.2, -0.15) is 4.98 Å². The summed E-state index contributed by atoms with van der Waals surface area (Å²) in [5.74, 6) is 0. The van der Waals surface area contributed by atoms with Crippen LogP contribution in [0.4, 0.5) is 10.8 Å². The molecule has 30 heavy (non-hydrogen) atoms. The highest BCUT2D eigenvalue weighted by atomic mass is 35.5. The number of benzene rings is 1. The zero-order chi connectivity index (χ0) is 21.3. The number of carbonyl (C=O) groups is 1. The van der Waals surface area contributed by atoms with Crippen LogP contribution in [0.1, 0.15) is 76.7 Å². The van der Waals surface area contributed by atoms with Gasteiger partial charge in [-0.05, 0) is 49.9 Å². The standard InChI is InChI=1S/C21H35N3O.CH3NO2.ClH/c1-2-3-4-5-6-7-8-9-12-18-13-14-20-19(17-18)24-21(25-20)23-16-11-10-15-22;2-1(3)4;/h13-14,17H,2-12,15-16,22H2,1H3,(H,23,24);2H2,(H,3,4);1H. The number of hydrogen-bond donors (Lipinski definition) is 4. The van der Waals surface area contributed by atoms with Gasteiger partial charge in [-0.1, -0.05) is 57.9 Å². The third-order valence-electron chi connectivity index (χ3n) is 4.68. The predicted molar refractivity (Wildman–Crippen MR) is 127 cm³/mol. The van der Waals surface area contributed by atoms with Gasteiger partial charge in [0, 0.05) is 6.54 Å². The molecule has 0 aliphatic heterocycles. The van der Waals surface area contributed by atoms with Gasteiger partial charge < -0.3 is 26.3 Å². The van der Waals surface area contributed by atoms with Crippen LogP contribution in [-0.4, -0.2) is 29.3 Å². The molecule has 0 unspecified atom stereocenters. The van der Waals surface area contributed by atoms with Gasteiger partial charge in [0.25, 0.3) is 6.01 Å². The van der Waals surface area contributed by atoms with Crippen molar-refractivity contribution < 1.29 is 14.3 Å².